The van der Waals surface area contributed by atoms with Crippen molar-refractivity contribution in [1.82, 2.24) is 5.32 Å². The minimum atomic E-state index is -0.443. The molecule has 2 N–H and O–H groups in total. The summed E-state index contributed by atoms with van der Waals surface area (Å²) in [5.41, 5.74) is 0.359. The number of thiophene rings is 1. The number of nitrogens with one attached hydrogen (secondary N) is 2. The van der Waals surface area contributed by atoms with Gasteiger partial charge in [0.1, 0.15) is 5.00 Å². The number of urea groups is 1. The molecule has 94 valence electrons. The highest BCUT2D eigenvalue weighted by molar-refractivity contribution is 7.14. The summed E-state index contributed by atoms with van der Waals surface area (Å²) in [5.74, 6) is -0.107. The number of rotatable bonds is 5. The highest BCUT2D eigenvalue weighted by atomic mass is 35.5. The van der Waals surface area contributed by atoms with Gasteiger partial charge < -0.3 is 10.1 Å². The lowest BCUT2D eigenvalue weighted by Gasteiger charge is -2.06. The summed E-state index contributed by atoms with van der Waals surface area (Å²) < 4.78 is 4.86. The lowest BCUT2D eigenvalue weighted by atomic mass is 10.3. The molecule has 2 amide bonds. The topological polar surface area (TPSA) is 67.4 Å². The van der Waals surface area contributed by atoms with E-state index in [0.29, 0.717) is 29.6 Å². The number of ether oxygens (including phenoxy) is 1. The number of hydrogen-bond acceptors (Lipinski definition) is 4. The molecular weight excluding hydrogens is 264 g/mol. The number of alkyl halides is 1. The Morgan fingerprint density at radius 3 is 2.94 bits per heavy atom. The molecule has 1 aromatic heterocycles. The van der Waals surface area contributed by atoms with Gasteiger partial charge >= 0.3 is 12.0 Å². The first kappa shape index (κ1) is 13.8. The molecule has 0 saturated heterocycles. The van der Waals surface area contributed by atoms with E-state index in [2.05, 4.69) is 10.6 Å². The lowest BCUT2D eigenvalue weighted by molar-refractivity contribution is 0.0528. The predicted molar refractivity (Wildman–Crippen MR) is 68.0 cm³/mol. The standard InChI is InChI=1S/C10H13ClN2O3S/c1-2-16-9(14)7-3-6-17-8(7)13-10(15)12-5-4-11/h3,6H,2,4-5H2,1H3,(H2,12,13,15). The van der Waals surface area contributed by atoms with Crippen molar-refractivity contribution in [2.75, 3.05) is 24.3 Å². The first-order valence-electron chi connectivity index (χ1n) is 5.04. The van der Waals surface area contributed by atoms with Crippen LogP contribution in [0.25, 0.3) is 0 Å². The maximum absolute atomic E-state index is 11.5. The van der Waals surface area contributed by atoms with Gasteiger partial charge in [0.05, 0.1) is 12.2 Å². The number of carbonyl (C=O) groups is 2. The summed E-state index contributed by atoms with van der Waals surface area (Å²) in [6, 6.07) is 1.22. The van der Waals surface area contributed by atoms with Gasteiger partial charge in [0.2, 0.25) is 0 Å². The van der Waals surface area contributed by atoms with Crippen molar-refractivity contribution >= 4 is 39.9 Å². The molecule has 1 heterocycles. The van der Waals surface area contributed by atoms with Crippen LogP contribution in [-0.4, -0.2) is 31.0 Å². The van der Waals surface area contributed by atoms with Gasteiger partial charge in [0, 0.05) is 12.4 Å². The second kappa shape index (κ2) is 7.13. The van der Waals surface area contributed by atoms with Gasteiger partial charge in [0.25, 0.3) is 0 Å². The van der Waals surface area contributed by atoms with Crippen molar-refractivity contribution in [2.24, 2.45) is 0 Å². The summed E-state index contributed by atoms with van der Waals surface area (Å²) >= 11 is 6.70. The van der Waals surface area contributed by atoms with Crippen LogP contribution in [0.5, 0.6) is 0 Å². The van der Waals surface area contributed by atoms with Gasteiger partial charge in [-0.2, -0.15) is 0 Å². The normalized spacial score (nSPS) is 9.76. The summed E-state index contributed by atoms with van der Waals surface area (Å²) in [6.45, 7) is 2.39. The summed E-state index contributed by atoms with van der Waals surface area (Å²) in [5, 5.41) is 7.29. The molecule has 17 heavy (non-hydrogen) atoms. The second-order valence-corrected chi connectivity index (χ2v) is 4.25. The van der Waals surface area contributed by atoms with Gasteiger partial charge in [-0.15, -0.1) is 22.9 Å². The molecule has 0 aromatic carbocycles. The molecule has 0 radical (unpaired) electrons. The number of esters is 1. The summed E-state index contributed by atoms with van der Waals surface area (Å²) in [4.78, 5) is 22.9. The zero-order valence-electron chi connectivity index (χ0n) is 9.29. The molecule has 0 fully saturated rings. The van der Waals surface area contributed by atoms with Crippen LogP contribution in [0.4, 0.5) is 9.80 Å². The number of hydrogen-bond donors (Lipinski definition) is 2. The molecule has 0 aliphatic carbocycles. The first-order chi connectivity index (χ1) is 8.19. The molecule has 0 spiro atoms. The molecule has 0 saturated carbocycles. The smallest absolute Gasteiger partial charge is 0.341 e. The molecule has 0 aliphatic rings. The van der Waals surface area contributed by atoms with Crippen molar-refractivity contribution < 1.29 is 14.3 Å². The van der Waals surface area contributed by atoms with Crippen LogP contribution in [0.1, 0.15) is 17.3 Å². The Kier molecular flexibility index (Phi) is 5.79. The Morgan fingerprint density at radius 2 is 2.29 bits per heavy atom. The van der Waals surface area contributed by atoms with Gasteiger partial charge in [-0.25, -0.2) is 9.59 Å². The fraction of sp³-hybridized carbons (Fsp3) is 0.400. The Bertz CT molecular complexity index is 395. The fourth-order valence-corrected chi connectivity index (χ4v) is 1.95. The third kappa shape index (κ3) is 4.24. The van der Waals surface area contributed by atoms with E-state index in [0.717, 1.165) is 0 Å². The Labute approximate surface area is 108 Å². The van der Waals surface area contributed by atoms with Crippen molar-refractivity contribution in [3.8, 4) is 0 Å². The SMILES string of the molecule is CCOC(=O)c1ccsc1NC(=O)NCCCl. The minimum Gasteiger partial charge on any atom is -0.462 e. The lowest BCUT2D eigenvalue weighted by Crippen LogP contribution is -2.30. The van der Waals surface area contributed by atoms with Crippen LogP contribution < -0.4 is 10.6 Å². The Balaban J connectivity index is 2.62. The maximum atomic E-state index is 11.5. The molecule has 0 unspecified atom stereocenters. The first-order valence-corrected chi connectivity index (χ1v) is 6.45. The van der Waals surface area contributed by atoms with Gasteiger partial charge in [-0.1, -0.05) is 0 Å². The monoisotopic (exact) mass is 276 g/mol. The van der Waals surface area contributed by atoms with E-state index in [1.165, 1.54) is 11.3 Å². The van der Waals surface area contributed by atoms with Crippen molar-refractivity contribution in [2.45, 2.75) is 6.92 Å². The number of anilines is 1. The van der Waals surface area contributed by atoms with Crippen LogP contribution in [0, 0.1) is 0 Å². The number of amides is 2. The van der Waals surface area contributed by atoms with E-state index in [9.17, 15) is 9.59 Å². The third-order valence-corrected chi connectivity index (χ3v) is 2.79. The zero-order chi connectivity index (χ0) is 12.7. The van der Waals surface area contributed by atoms with Crippen LogP contribution in [0.3, 0.4) is 0 Å². The Hall–Kier alpha value is -1.27. The van der Waals surface area contributed by atoms with Crippen LogP contribution in [-0.2, 0) is 4.74 Å². The molecule has 7 heteroatoms. The van der Waals surface area contributed by atoms with Gasteiger partial charge in [0.15, 0.2) is 0 Å². The van der Waals surface area contributed by atoms with E-state index in [1.54, 1.807) is 18.4 Å². The van der Waals surface area contributed by atoms with Crippen LogP contribution in [0.2, 0.25) is 0 Å². The molecule has 0 bridgehead atoms. The molecular formula is C10H13ClN2O3S. The average molecular weight is 277 g/mol. The van der Waals surface area contributed by atoms with E-state index >= 15 is 0 Å². The number of halogens is 1. The highest BCUT2D eigenvalue weighted by Gasteiger charge is 2.15. The number of carbonyl (C=O) groups excluding carboxylic acids is 2. The fourth-order valence-electron chi connectivity index (χ4n) is 1.08. The second-order valence-electron chi connectivity index (χ2n) is 2.95. The van der Waals surface area contributed by atoms with Crippen molar-refractivity contribution in [3.05, 3.63) is 17.0 Å². The van der Waals surface area contributed by atoms with E-state index < -0.39 is 12.0 Å². The molecule has 0 atom stereocenters. The van der Waals surface area contributed by atoms with Crippen molar-refractivity contribution in [3.63, 3.8) is 0 Å². The average Bonchev–Trinajstić information content (AvgIpc) is 2.75. The molecule has 1 rings (SSSR count). The highest BCUT2D eigenvalue weighted by Crippen LogP contribution is 2.23. The van der Waals surface area contributed by atoms with Crippen LogP contribution in [0.15, 0.2) is 11.4 Å². The van der Waals surface area contributed by atoms with Crippen molar-refractivity contribution in [1.29, 1.82) is 0 Å². The predicted octanol–water partition coefficient (Wildman–Crippen LogP) is 2.29. The molecule has 0 aliphatic heterocycles. The Morgan fingerprint density at radius 1 is 1.53 bits per heavy atom. The van der Waals surface area contributed by atoms with Gasteiger partial charge in [-0.05, 0) is 18.4 Å². The molecule has 5 nitrogen and oxygen atoms in total. The summed E-state index contributed by atoms with van der Waals surface area (Å²) in [7, 11) is 0. The zero-order valence-corrected chi connectivity index (χ0v) is 10.9. The van der Waals surface area contributed by atoms with E-state index in [1.807, 2.05) is 0 Å². The van der Waals surface area contributed by atoms with Gasteiger partial charge in [-0.3, -0.25) is 5.32 Å². The minimum absolute atomic E-state index is 0.298. The summed E-state index contributed by atoms with van der Waals surface area (Å²) in [6.07, 6.45) is 0. The largest absolute Gasteiger partial charge is 0.462 e. The third-order valence-electron chi connectivity index (χ3n) is 1.77. The van der Waals surface area contributed by atoms with E-state index in [4.69, 9.17) is 16.3 Å². The quantitative estimate of drug-likeness (QED) is 0.640. The van der Waals surface area contributed by atoms with Crippen LogP contribution >= 0.6 is 22.9 Å². The maximum Gasteiger partial charge on any atom is 0.341 e. The molecule has 1 aromatic rings. The van der Waals surface area contributed by atoms with E-state index in [-0.39, 0.29) is 0 Å².